The summed E-state index contributed by atoms with van der Waals surface area (Å²) in [5.41, 5.74) is 0.745. The lowest BCUT2D eigenvalue weighted by molar-refractivity contribution is 0.358. The SMILES string of the molecule is COc1ccc2c(NCCN(C)C)ncnc2c1OC. The summed E-state index contributed by atoms with van der Waals surface area (Å²) in [7, 11) is 7.29. The van der Waals surface area contributed by atoms with Gasteiger partial charge in [0.05, 0.1) is 14.2 Å². The second-order valence-corrected chi connectivity index (χ2v) is 4.65. The van der Waals surface area contributed by atoms with Crippen LogP contribution in [0.5, 0.6) is 11.5 Å². The molecule has 0 amide bonds. The first-order valence-electron chi connectivity index (χ1n) is 6.41. The smallest absolute Gasteiger partial charge is 0.187 e. The summed E-state index contributed by atoms with van der Waals surface area (Å²) in [4.78, 5) is 10.7. The Hall–Kier alpha value is -2.08. The van der Waals surface area contributed by atoms with Gasteiger partial charge in [0.2, 0.25) is 0 Å². The topological polar surface area (TPSA) is 59.5 Å². The zero-order chi connectivity index (χ0) is 14.5. The van der Waals surface area contributed by atoms with Gasteiger partial charge in [0.1, 0.15) is 17.7 Å². The van der Waals surface area contributed by atoms with Crippen LogP contribution in [-0.4, -0.2) is 56.3 Å². The summed E-state index contributed by atoms with van der Waals surface area (Å²) in [6.45, 7) is 1.74. The minimum atomic E-state index is 0.628. The lowest BCUT2D eigenvalue weighted by Crippen LogP contribution is -2.21. The lowest BCUT2D eigenvalue weighted by Gasteiger charge is -2.14. The number of rotatable bonds is 6. The number of nitrogens with one attached hydrogen (secondary N) is 1. The predicted molar refractivity (Wildman–Crippen MR) is 79.7 cm³/mol. The molecule has 0 saturated heterocycles. The van der Waals surface area contributed by atoms with Gasteiger partial charge in [0.15, 0.2) is 11.5 Å². The molecule has 1 heterocycles. The summed E-state index contributed by atoms with van der Waals surface area (Å²) in [6, 6.07) is 3.80. The molecule has 0 saturated carbocycles. The van der Waals surface area contributed by atoms with Gasteiger partial charge in [-0.3, -0.25) is 0 Å². The number of aromatic nitrogens is 2. The Balaban J connectivity index is 2.37. The van der Waals surface area contributed by atoms with Crippen LogP contribution in [0, 0.1) is 0 Å². The van der Waals surface area contributed by atoms with Crippen molar-refractivity contribution in [2.75, 3.05) is 46.7 Å². The van der Waals surface area contributed by atoms with Gasteiger partial charge in [-0.2, -0.15) is 0 Å². The van der Waals surface area contributed by atoms with E-state index in [2.05, 4.69) is 20.2 Å². The summed E-state index contributed by atoms with van der Waals surface area (Å²) >= 11 is 0. The maximum absolute atomic E-state index is 5.40. The maximum atomic E-state index is 5.40. The number of anilines is 1. The number of methoxy groups -OCH3 is 2. The molecule has 0 aliphatic heterocycles. The molecule has 0 bridgehead atoms. The van der Waals surface area contributed by atoms with Crippen LogP contribution >= 0.6 is 0 Å². The van der Waals surface area contributed by atoms with E-state index >= 15 is 0 Å². The Morgan fingerprint density at radius 3 is 2.60 bits per heavy atom. The molecule has 0 unspecified atom stereocenters. The van der Waals surface area contributed by atoms with E-state index in [9.17, 15) is 0 Å². The number of hydrogen-bond acceptors (Lipinski definition) is 6. The normalized spacial score (nSPS) is 10.8. The van der Waals surface area contributed by atoms with Crippen molar-refractivity contribution < 1.29 is 9.47 Å². The summed E-state index contributed by atoms with van der Waals surface area (Å²) in [5.74, 6) is 2.10. The van der Waals surface area contributed by atoms with Gasteiger partial charge >= 0.3 is 0 Å². The maximum Gasteiger partial charge on any atom is 0.187 e. The Morgan fingerprint density at radius 1 is 1.15 bits per heavy atom. The highest BCUT2D eigenvalue weighted by molar-refractivity contribution is 5.94. The first kappa shape index (κ1) is 14.3. The van der Waals surface area contributed by atoms with Crippen LogP contribution in [0.2, 0.25) is 0 Å². The highest BCUT2D eigenvalue weighted by atomic mass is 16.5. The molecule has 0 radical (unpaired) electrons. The molecule has 1 N–H and O–H groups in total. The van der Waals surface area contributed by atoms with Gasteiger partial charge < -0.3 is 19.7 Å². The van der Waals surface area contributed by atoms with Crippen LogP contribution in [0.25, 0.3) is 10.9 Å². The summed E-state index contributed by atoms with van der Waals surface area (Å²) in [5, 5.41) is 4.24. The molecule has 2 aromatic rings. The molecule has 1 aromatic carbocycles. The van der Waals surface area contributed by atoms with E-state index < -0.39 is 0 Å². The highest BCUT2D eigenvalue weighted by Gasteiger charge is 2.13. The minimum absolute atomic E-state index is 0.628. The first-order valence-corrected chi connectivity index (χ1v) is 6.41. The van der Waals surface area contributed by atoms with E-state index in [1.807, 2.05) is 26.2 Å². The summed E-state index contributed by atoms with van der Waals surface area (Å²) in [6.07, 6.45) is 1.53. The molecule has 1 aromatic heterocycles. The molecule has 6 nitrogen and oxygen atoms in total. The number of fused-ring (bicyclic) bond motifs is 1. The average molecular weight is 276 g/mol. The molecular formula is C14H20N4O2. The fourth-order valence-corrected chi connectivity index (χ4v) is 1.98. The molecule has 0 fully saturated rings. The van der Waals surface area contributed by atoms with Gasteiger partial charge in [-0.1, -0.05) is 0 Å². The lowest BCUT2D eigenvalue weighted by atomic mass is 10.2. The zero-order valence-electron chi connectivity index (χ0n) is 12.3. The number of likely N-dealkylation sites (N-methyl/N-ethyl adjacent to an activating group) is 1. The molecule has 0 spiro atoms. The molecular weight excluding hydrogens is 256 g/mol. The fraction of sp³-hybridized carbons (Fsp3) is 0.429. The molecule has 0 aliphatic rings. The monoisotopic (exact) mass is 276 g/mol. The third-order valence-electron chi connectivity index (χ3n) is 3.00. The van der Waals surface area contributed by atoms with Crippen LogP contribution in [0.3, 0.4) is 0 Å². The van der Waals surface area contributed by atoms with Crippen LogP contribution < -0.4 is 14.8 Å². The van der Waals surface area contributed by atoms with Gasteiger partial charge in [-0.15, -0.1) is 0 Å². The van der Waals surface area contributed by atoms with Crippen LogP contribution in [0.1, 0.15) is 0 Å². The van der Waals surface area contributed by atoms with Crippen molar-refractivity contribution in [3.8, 4) is 11.5 Å². The average Bonchev–Trinajstić information content (AvgIpc) is 2.45. The molecule has 6 heteroatoms. The second-order valence-electron chi connectivity index (χ2n) is 4.65. The Kier molecular flexibility index (Phi) is 4.57. The number of hydrogen-bond donors (Lipinski definition) is 1. The largest absolute Gasteiger partial charge is 0.493 e. The minimum Gasteiger partial charge on any atom is -0.493 e. The molecule has 108 valence electrons. The van der Waals surface area contributed by atoms with Crippen molar-refractivity contribution in [2.45, 2.75) is 0 Å². The van der Waals surface area contributed by atoms with E-state index in [1.54, 1.807) is 14.2 Å². The summed E-state index contributed by atoms with van der Waals surface area (Å²) < 4.78 is 10.7. The van der Waals surface area contributed by atoms with Crippen LogP contribution in [0.4, 0.5) is 5.82 Å². The van der Waals surface area contributed by atoms with Gasteiger partial charge in [0, 0.05) is 18.5 Å². The first-order chi connectivity index (χ1) is 9.67. The second kappa shape index (κ2) is 6.38. The van der Waals surface area contributed by atoms with Crippen molar-refractivity contribution >= 4 is 16.7 Å². The van der Waals surface area contributed by atoms with Crippen molar-refractivity contribution in [3.63, 3.8) is 0 Å². The van der Waals surface area contributed by atoms with Gasteiger partial charge in [-0.25, -0.2) is 9.97 Å². The van der Waals surface area contributed by atoms with Crippen molar-refractivity contribution in [1.82, 2.24) is 14.9 Å². The Bertz CT molecular complexity index is 587. The highest BCUT2D eigenvalue weighted by Crippen LogP contribution is 2.35. The molecule has 0 aliphatic carbocycles. The van der Waals surface area contributed by atoms with Crippen LogP contribution in [-0.2, 0) is 0 Å². The Morgan fingerprint density at radius 2 is 1.95 bits per heavy atom. The molecule has 0 atom stereocenters. The number of benzene rings is 1. The van der Waals surface area contributed by atoms with Crippen molar-refractivity contribution in [3.05, 3.63) is 18.5 Å². The predicted octanol–water partition coefficient (Wildman–Crippen LogP) is 1.62. The number of ether oxygens (including phenoxy) is 2. The van der Waals surface area contributed by atoms with E-state index in [1.165, 1.54) is 6.33 Å². The van der Waals surface area contributed by atoms with Gasteiger partial charge in [-0.05, 0) is 26.2 Å². The fourth-order valence-electron chi connectivity index (χ4n) is 1.98. The zero-order valence-corrected chi connectivity index (χ0v) is 12.3. The van der Waals surface area contributed by atoms with Crippen molar-refractivity contribution in [2.24, 2.45) is 0 Å². The third-order valence-corrected chi connectivity index (χ3v) is 3.00. The van der Waals surface area contributed by atoms with Gasteiger partial charge in [0.25, 0.3) is 0 Å². The van der Waals surface area contributed by atoms with Crippen LogP contribution in [0.15, 0.2) is 18.5 Å². The third kappa shape index (κ3) is 2.91. The quantitative estimate of drug-likeness (QED) is 0.865. The number of nitrogens with zero attached hydrogens (tertiary/aromatic N) is 3. The van der Waals surface area contributed by atoms with E-state index in [-0.39, 0.29) is 0 Å². The van der Waals surface area contributed by atoms with E-state index in [0.717, 1.165) is 29.8 Å². The standard InChI is InChI=1S/C14H20N4O2/c1-18(2)8-7-15-14-10-5-6-11(19-3)13(20-4)12(10)16-9-17-14/h5-6,9H,7-8H2,1-4H3,(H,15,16,17). The van der Waals surface area contributed by atoms with E-state index in [4.69, 9.17) is 9.47 Å². The molecule has 20 heavy (non-hydrogen) atoms. The molecule has 2 rings (SSSR count). The Labute approximate surface area is 118 Å². The van der Waals surface area contributed by atoms with E-state index in [0.29, 0.717) is 11.5 Å². The van der Waals surface area contributed by atoms with Crippen molar-refractivity contribution in [1.29, 1.82) is 0 Å².